The number of phenolic OH excluding ortho intramolecular Hbond substituents is 1. The molecule has 3 N–H and O–H groups in total. The fraction of sp³-hybridized carbons (Fsp3) is 0.600. The van der Waals surface area contributed by atoms with Crippen molar-refractivity contribution in [2.45, 2.75) is 46.6 Å². The number of benzene rings is 1. The monoisotopic (exact) mass is 251 g/mol. The van der Waals surface area contributed by atoms with Crippen LogP contribution in [0, 0.1) is 13.8 Å². The third-order valence-electron chi connectivity index (χ3n) is 3.30. The number of nitrogens with one attached hydrogen (secondary N) is 1. The lowest BCUT2D eigenvalue weighted by Gasteiger charge is -2.24. The molecule has 0 spiro atoms. The van der Waals surface area contributed by atoms with E-state index in [-0.39, 0.29) is 12.0 Å². The van der Waals surface area contributed by atoms with Crippen LogP contribution in [0.5, 0.6) is 5.75 Å². The molecule has 0 aromatic heterocycles. The van der Waals surface area contributed by atoms with Gasteiger partial charge in [-0.25, -0.2) is 0 Å². The van der Waals surface area contributed by atoms with Crippen molar-refractivity contribution in [3.63, 3.8) is 0 Å². The van der Waals surface area contributed by atoms with Crippen LogP contribution in [0.15, 0.2) is 6.07 Å². The van der Waals surface area contributed by atoms with Crippen molar-refractivity contribution in [2.24, 2.45) is 0 Å². The maximum Gasteiger partial charge on any atom is 0.122 e. The Morgan fingerprint density at radius 1 is 1.22 bits per heavy atom. The molecule has 0 atom stereocenters. The SMILES string of the molecule is Cc1cc(C(C)(C)C)c(O)c(C)c1CNCCO. The molecule has 0 bridgehead atoms. The zero-order valence-electron chi connectivity index (χ0n) is 12.1. The Balaban J connectivity index is 3.13. The first-order valence-electron chi connectivity index (χ1n) is 6.43. The molecule has 0 aliphatic rings. The number of aromatic hydroxyl groups is 1. The molecular formula is C15H25NO2. The van der Waals surface area contributed by atoms with E-state index < -0.39 is 0 Å². The van der Waals surface area contributed by atoms with E-state index in [0.29, 0.717) is 18.8 Å². The first kappa shape index (κ1) is 15.0. The largest absolute Gasteiger partial charge is 0.507 e. The fourth-order valence-electron chi connectivity index (χ4n) is 2.15. The molecule has 0 unspecified atom stereocenters. The molecule has 0 heterocycles. The van der Waals surface area contributed by atoms with Crippen LogP contribution in [0.2, 0.25) is 0 Å². The second kappa shape index (κ2) is 5.72. The molecule has 0 fully saturated rings. The van der Waals surface area contributed by atoms with Crippen LogP contribution in [-0.4, -0.2) is 23.4 Å². The van der Waals surface area contributed by atoms with Crippen LogP contribution in [-0.2, 0) is 12.0 Å². The fourth-order valence-corrected chi connectivity index (χ4v) is 2.15. The number of hydrogen-bond acceptors (Lipinski definition) is 3. The molecular weight excluding hydrogens is 226 g/mol. The molecule has 0 saturated carbocycles. The topological polar surface area (TPSA) is 52.5 Å². The van der Waals surface area contributed by atoms with Crippen LogP contribution in [0.3, 0.4) is 0 Å². The summed E-state index contributed by atoms with van der Waals surface area (Å²) in [5, 5.41) is 22.3. The summed E-state index contributed by atoms with van der Waals surface area (Å²) in [6.07, 6.45) is 0. The minimum atomic E-state index is -0.0589. The Morgan fingerprint density at radius 2 is 1.83 bits per heavy atom. The van der Waals surface area contributed by atoms with Crippen molar-refractivity contribution in [3.8, 4) is 5.75 Å². The van der Waals surface area contributed by atoms with Gasteiger partial charge in [-0.1, -0.05) is 26.8 Å². The van der Waals surface area contributed by atoms with Crippen LogP contribution >= 0.6 is 0 Å². The molecule has 1 aromatic carbocycles. The summed E-state index contributed by atoms with van der Waals surface area (Å²) in [7, 11) is 0. The summed E-state index contributed by atoms with van der Waals surface area (Å²) in [5.74, 6) is 0.397. The number of aliphatic hydroxyl groups excluding tert-OH is 1. The Bertz CT molecular complexity index is 419. The molecule has 0 amide bonds. The minimum absolute atomic E-state index is 0.0589. The van der Waals surface area contributed by atoms with Crippen LogP contribution in [0.1, 0.15) is 43.0 Å². The van der Waals surface area contributed by atoms with Gasteiger partial charge in [-0.15, -0.1) is 0 Å². The highest BCUT2D eigenvalue weighted by atomic mass is 16.3. The van der Waals surface area contributed by atoms with Gasteiger partial charge < -0.3 is 15.5 Å². The molecule has 3 nitrogen and oxygen atoms in total. The maximum atomic E-state index is 10.3. The number of phenols is 1. The molecule has 102 valence electrons. The minimum Gasteiger partial charge on any atom is -0.507 e. The number of aryl methyl sites for hydroxylation is 1. The highest BCUT2D eigenvalue weighted by Gasteiger charge is 2.21. The van der Waals surface area contributed by atoms with Gasteiger partial charge in [0.05, 0.1) is 6.61 Å². The summed E-state index contributed by atoms with van der Waals surface area (Å²) in [5.41, 5.74) is 4.17. The second-order valence-corrected chi connectivity index (χ2v) is 5.84. The van der Waals surface area contributed by atoms with Gasteiger partial charge >= 0.3 is 0 Å². The van der Waals surface area contributed by atoms with Crippen molar-refractivity contribution in [1.29, 1.82) is 0 Å². The Labute approximate surface area is 110 Å². The summed E-state index contributed by atoms with van der Waals surface area (Å²) in [4.78, 5) is 0. The standard InChI is InChI=1S/C15H25NO2/c1-10-8-13(15(3,4)5)14(18)11(2)12(10)9-16-6-7-17/h8,16-18H,6-7,9H2,1-5H3. The van der Waals surface area contributed by atoms with Gasteiger partial charge in [-0.2, -0.15) is 0 Å². The van der Waals surface area contributed by atoms with E-state index in [4.69, 9.17) is 5.11 Å². The number of rotatable bonds is 4. The highest BCUT2D eigenvalue weighted by molar-refractivity contribution is 5.51. The van der Waals surface area contributed by atoms with Gasteiger partial charge in [0.2, 0.25) is 0 Å². The normalized spacial score (nSPS) is 11.9. The van der Waals surface area contributed by atoms with E-state index in [1.807, 2.05) is 6.92 Å². The van der Waals surface area contributed by atoms with E-state index in [1.54, 1.807) is 0 Å². The molecule has 0 radical (unpaired) electrons. The third-order valence-corrected chi connectivity index (χ3v) is 3.30. The zero-order valence-corrected chi connectivity index (χ0v) is 12.1. The van der Waals surface area contributed by atoms with Gasteiger partial charge in [0, 0.05) is 13.1 Å². The van der Waals surface area contributed by atoms with Crippen molar-refractivity contribution in [2.75, 3.05) is 13.2 Å². The molecule has 3 heteroatoms. The predicted octanol–water partition coefficient (Wildman–Crippen LogP) is 2.39. The molecule has 0 aliphatic heterocycles. The smallest absolute Gasteiger partial charge is 0.122 e. The Hall–Kier alpha value is -1.06. The van der Waals surface area contributed by atoms with E-state index >= 15 is 0 Å². The summed E-state index contributed by atoms with van der Waals surface area (Å²) >= 11 is 0. The average molecular weight is 251 g/mol. The molecule has 0 aliphatic carbocycles. The van der Waals surface area contributed by atoms with Crippen molar-refractivity contribution in [1.82, 2.24) is 5.32 Å². The maximum absolute atomic E-state index is 10.3. The lowest BCUT2D eigenvalue weighted by molar-refractivity contribution is 0.292. The highest BCUT2D eigenvalue weighted by Crippen LogP contribution is 2.36. The number of aliphatic hydroxyl groups is 1. The van der Waals surface area contributed by atoms with Crippen molar-refractivity contribution >= 4 is 0 Å². The molecule has 1 rings (SSSR count). The molecule has 1 aromatic rings. The predicted molar refractivity (Wildman–Crippen MR) is 75.1 cm³/mol. The van der Waals surface area contributed by atoms with Crippen LogP contribution in [0.25, 0.3) is 0 Å². The van der Waals surface area contributed by atoms with E-state index in [2.05, 4.69) is 39.1 Å². The van der Waals surface area contributed by atoms with E-state index in [0.717, 1.165) is 16.7 Å². The lowest BCUT2D eigenvalue weighted by atomic mass is 9.82. The zero-order chi connectivity index (χ0) is 13.9. The first-order valence-corrected chi connectivity index (χ1v) is 6.43. The van der Waals surface area contributed by atoms with Crippen molar-refractivity contribution < 1.29 is 10.2 Å². The van der Waals surface area contributed by atoms with Gasteiger partial charge in [0.1, 0.15) is 5.75 Å². The van der Waals surface area contributed by atoms with Crippen molar-refractivity contribution in [3.05, 3.63) is 28.3 Å². The van der Waals surface area contributed by atoms with Crippen LogP contribution < -0.4 is 5.32 Å². The van der Waals surface area contributed by atoms with E-state index in [9.17, 15) is 5.11 Å². The summed E-state index contributed by atoms with van der Waals surface area (Å²) < 4.78 is 0. The summed E-state index contributed by atoms with van der Waals surface area (Å²) in [6.45, 7) is 11.7. The van der Waals surface area contributed by atoms with Gasteiger partial charge in [-0.3, -0.25) is 0 Å². The van der Waals surface area contributed by atoms with Gasteiger partial charge in [-0.05, 0) is 41.5 Å². The second-order valence-electron chi connectivity index (χ2n) is 5.84. The molecule has 18 heavy (non-hydrogen) atoms. The van der Waals surface area contributed by atoms with E-state index in [1.165, 1.54) is 5.56 Å². The molecule has 0 saturated heterocycles. The third kappa shape index (κ3) is 3.24. The summed E-state index contributed by atoms with van der Waals surface area (Å²) in [6, 6.07) is 2.07. The Kier molecular flexibility index (Phi) is 4.77. The first-order chi connectivity index (χ1) is 8.29. The quantitative estimate of drug-likeness (QED) is 0.720. The van der Waals surface area contributed by atoms with Crippen LogP contribution in [0.4, 0.5) is 0 Å². The Morgan fingerprint density at radius 3 is 2.33 bits per heavy atom. The van der Waals surface area contributed by atoms with Gasteiger partial charge in [0.15, 0.2) is 0 Å². The lowest BCUT2D eigenvalue weighted by Crippen LogP contribution is -2.20. The van der Waals surface area contributed by atoms with Gasteiger partial charge in [0.25, 0.3) is 0 Å². The average Bonchev–Trinajstić information content (AvgIpc) is 2.26. The number of hydrogen-bond donors (Lipinski definition) is 3.